The van der Waals surface area contributed by atoms with E-state index in [9.17, 15) is 9.59 Å². The fourth-order valence-electron chi connectivity index (χ4n) is 3.67. The van der Waals surface area contributed by atoms with E-state index in [4.69, 9.17) is 19.0 Å². The van der Waals surface area contributed by atoms with Crippen molar-refractivity contribution in [1.29, 1.82) is 0 Å². The molecule has 4 rings (SSSR count). The Hall–Kier alpha value is -3.10. The standard InChI is InChI=1S/C22H24N2O6/c1-13-18(22(26)27)9-17(30-13)11-24(2)21(25)16-7-14-3-4-15(8-19(14)29-12-16)20-10-23-5-6-28-20/h3-4,7-9,20,23H,5-6,10-12H2,1-2H3,(H,26,27). The van der Waals surface area contributed by atoms with Gasteiger partial charge in [0.05, 0.1) is 24.8 Å². The minimum Gasteiger partial charge on any atom is -0.488 e. The molecule has 0 bridgehead atoms. The SMILES string of the molecule is Cc1oc(CN(C)C(=O)C2=Cc3ccc(C4CNCCO4)cc3OC2)cc1C(=O)O. The number of carboxylic acids is 1. The van der Waals surface area contributed by atoms with Crippen molar-refractivity contribution in [2.75, 3.05) is 33.4 Å². The summed E-state index contributed by atoms with van der Waals surface area (Å²) in [4.78, 5) is 25.5. The second kappa shape index (κ2) is 8.33. The van der Waals surface area contributed by atoms with Gasteiger partial charge in [0, 0.05) is 25.7 Å². The molecule has 8 nitrogen and oxygen atoms in total. The predicted octanol–water partition coefficient (Wildman–Crippen LogP) is 2.38. The van der Waals surface area contributed by atoms with Crippen LogP contribution in [-0.2, 0) is 16.1 Å². The number of hydrogen-bond acceptors (Lipinski definition) is 6. The number of benzene rings is 1. The lowest BCUT2D eigenvalue weighted by molar-refractivity contribution is -0.126. The number of aryl methyl sites for hydroxylation is 1. The van der Waals surface area contributed by atoms with Gasteiger partial charge in [-0.05, 0) is 30.7 Å². The lowest BCUT2D eigenvalue weighted by atomic mass is 10.0. The molecule has 8 heteroatoms. The first-order chi connectivity index (χ1) is 14.4. The third kappa shape index (κ3) is 4.10. The van der Waals surface area contributed by atoms with Crippen LogP contribution in [0.25, 0.3) is 6.08 Å². The number of rotatable bonds is 5. The van der Waals surface area contributed by atoms with Crippen molar-refractivity contribution in [3.8, 4) is 5.75 Å². The quantitative estimate of drug-likeness (QED) is 0.778. The van der Waals surface area contributed by atoms with Crippen LogP contribution in [0.1, 0.15) is 39.1 Å². The number of hydrogen-bond donors (Lipinski definition) is 2. The molecule has 1 unspecified atom stereocenters. The first-order valence-corrected chi connectivity index (χ1v) is 9.80. The summed E-state index contributed by atoms with van der Waals surface area (Å²) in [5, 5.41) is 12.5. The van der Waals surface area contributed by atoms with Gasteiger partial charge in [-0.3, -0.25) is 4.79 Å². The fraction of sp³-hybridized carbons (Fsp3) is 0.364. The van der Waals surface area contributed by atoms with Gasteiger partial charge in [-0.25, -0.2) is 4.79 Å². The molecule has 2 aliphatic rings. The maximum absolute atomic E-state index is 12.8. The summed E-state index contributed by atoms with van der Waals surface area (Å²) >= 11 is 0. The molecule has 0 saturated carbocycles. The lowest BCUT2D eigenvalue weighted by Gasteiger charge is -2.26. The van der Waals surface area contributed by atoms with E-state index in [1.54, 1.807) is 14.0 Å². The monoisotopic (exact) mass is 412 g/mol. The number of amides is 1. The summed E-state index contributed by atoms with van der Waals surface area (Å²) in [6.45, 7) is 4.22. The molecule has 0 radical (unpaired) electrons. The van der Waals surface area contributed by atoms with Gasteiger partial charge in [0.1, 0.15) is 29.4 Å². The molecule has 30 heavy (non-hydrogen) atoms. The Bertz CT molecular complexity index is 1000. The van der Waals surface area contributed by atoms with E-state index in [1.165, 1.54) is 11.0 Å². The number of likely N-dealkylation sites (N-methyl/N-ethyl adjacent to an activating group) is 1. The molecular weight excluding hydrogens is 388 g/mol. The molecule has 1 fully saturated rings. The van der Waals surface area contributed by atoms with Crippen molar-refractivity contribution in [2.24, 2.45) is 0 Å². The highest BCUT2D eigenvalue weighted by Crippen LogP contribution is 2.31. The number of nitrogens with one attached hydrogen (secondary N) is 1. The highest BCUT2D eigenvalue weighted by atomic mass is 16.5. The Morgan fingerprint density at radius 3 is 2.83 bits per heavy atom. The van der Waals surface area contributed by atoms with Crippen LogP contribution in [0, 0.1) is 6.92 Å². The van der Waals surface area contributed by atoms with Crippen molar-refractivity contribution < 1.29 is 28.6 Å². The number of aromatic carboxylic acids is 1. The number of ether oxygens (including phenoxy) is 2. The minimum atomic E-state index is -1.05. The number of fused-ring (bicyclic) bond motifs is 1. The maximum atomic E-state index is 12.8. The van der Waals surface area contributed by atoms with Crippen LogP contribution in [0.15, 0.2) is 34.3 Å². The molecule has 1 aromatic carbocycles. The zero-order valence-electron chi connectivity index (χ0n) is 16.9. The van der Waals surface area contributed by atoms with E-state index in [1.807, 2.05) is 24.3 Å². The zero-order valence-corrected chi connectivity index (χ0v) is 16.9. The van der Waals surface area contributed by atoms with E-state index in [2.05, 4.69) is 5.32 Å². The summed E-state index contributed by atoms with van der Waals surface area (Å²) in [5.74, 6) is 0.221. The van der Waals surface area contributed by atoms with Crippen LogP contribution in [0.3, 0.4) is 0 Å². The molecule has 0 spiro atoms. The Balaban J connectivity index is 1.46. The first-order valence-electron chi connectivity index (χ1n) is 9.80. The Kier molecular flexibility index (Phi) is 5.61. The molecule has 2 aromatic rings. The third-order valence-electron chi connectivity index (χ3n) is 5.26. The van der Waals surface area contributed by atoms with Crippen molar-refractivity contribution >= 4 is 18.0 Å². The van der Waals surface area contributed by atoms with Gasteiger partial charge in [0.25, 0.3) is 5.91 Å². The van der Waals surface area contributed by atoms with Crippen molar-refractivity contribution in [2.45, 2.75) is 19.6 Å². The zero-order chi connectivity index (χ0) is 21.3. The smallest absolute Gasteiger partial charge is 0.339 e. The van der Waals surface area contributed by atoms with Crippen LogP contribution >= 0.6 is 0 Å². The largest absolute Gasteiger partial charge is 0.488 e. The number of nitrogens with zero attached hydrogens (tertiary/aromatic N) is 1. The molecule has 1 aromatic heterocycles. The van der Waals surface area contributed by atoms with Gasteiger partial charge in [0.15, 0.2) is 0 Å². The maximum Gasteiger partial charge on any atom is 0.339 e. The molecule has 2 aliphatic heterocycles. The van der Waals surface area contributed by atoms with E-state index >= 15 is 0 Å². The average molecular weight is 412 g/mol. The summed E-state index contributed by atoms with van der Waals surface area (Å²) in [7, 11) is 1.65. The Labute approximate surface area is 174 Å². The van der Waals surface area contributed by atoms with Crippen molar-refractivity contribution in [1.82, 2.24) is 10.2 Å². The number of morpholine rings is 1. The highest BCUT2D eigenvalue weighted by molar-refractivity contribution is 5.99. The minimum absolute atomic E-state index is 0.00163. The molecule has 0 aliphatic carbocycles. The molecular formula is C22H24N2O6. The number of carbonyl (C=O) groups is 2. The topological polar surface area (TPSA) is 101 Å². The second-order valence-corrected chi connectivity index (χ2v) is 7.47. The van der Waals surface area contributed by atoms with Gasteiger partial charge >= 0.3 is 5.97 Å². The highest BCUT2D eigenvalue weighted by Gasteiger charge is 2.24. The Morgan fingerprint density at radius 1 is 1.30 bits per heavy atom. The van der Waals surface area contributed by atoms with Gasteiger partial charge in [-0.2, -0.15) is 0 Å². The van der Waals surface area contributed by atoms with Crippen molar-refractivity contribution in [3.63, 3.8) is 0 Å². The lowest BCUT2D eigenvalue weighted by Crippen LogP contribution is -2.33. The molecule has 158 valence electrons. The van der Waals surface area contributed by atoms with E-state index in [-0.39, 0.29) is 30.7 Å². The van der Waals surface area contributed by atoms with Crippen molar-refractivity contribution in [3.05, 3.63) is 58.0 Å². The third-order valence-corrected chi connectivity index (χ3v) is 5.26. The van der Waals surface area contributed by atoms with E-state index < -0.39 is 5.97 Å². The number of carbonyl (C=O) groups excluding carboxylic acids is 1. The van der Waals surface area contributed by atoms with Gasteiger partial charge in [-0.15, -0.1) is 0 Å². The molecule has 2 N–H and O–H groups in total. The summed E-state index contributed by atoms with van der Waals surface area (Å²) < 4.78 is 17.1. The molecule has 1 atom stereocenters. The predicted molar refractivity (Wildman–Crippen MR) is 108 cm³/mol. The van der Waals surface area contributed by atoms with Gasteiger partial charge in [0.2, 0.25) is 0 Å². The molecule has 3 heterocycles. The molecule has 1 saturated heterocycles. The summed E-state index contributed by atoms with van der Waals surface area (Å²) in [6, 6.07) is 7.34. The van der Waals surface area contributed by atoms with E-state index in [0.717, 1.165) is 30.0 Å². The summed E-state index contributed by atoms with van der Waals surface area (Å²) in [6.07, 6.45) is 1.83. The van der Waals surface area contributed by atoms with Gasteiger partial charge < -0.3 is 29.2 Å². The normalized spacial score (nSPS) is 18.2. The Morgan fingerprint density at radius 2 is 2.13 bits per heavy atom. The van der Waals surface area contributed by atoms with Crippen LogP contribution in [0.4, 0.5) is 0 Å². The summed E-state index contributed by atoms with van der Waals surface area (Å²) in [5.41, 5.74) is 2.51. The van der Waals surface area contributed by atoms with E-state index in [0.29, 0.717) is 23.7 Å². The van der Waals surface area contributed by atoms with Crippen LogP contribution in [0.2, 0.25) is 0 Å². The number of furan rings is 1. The number of carboxylic acid groups (broad SMARTS) is 1. The molecule has 1 amide bonds. The van der Waals surface area contributed by atoms with Crippen LogP contribution in [0.5, 0.6) is 5.75 Å². The van der Waals surface area contributed by atoms with Gasteiger partial charge in [-0.1, -0.05) is 12.1 Å². The van der Waals surface area contributed by atoms with Crippen LogP contribution < -0.4 is 10.1 Å². The fourth-order valence-corrected chi connectivity index (χ4v) is 3.67. The first kappa shape index (κ1) is 20.2. The average Bonchev–Trinajstić information content (AvgIpc) is 3.13. The second-order valence-electron chi connectivity index (χ2n) is 7.47. The van der Waals surface area contributed by atoms with Crippen LogP contribution in [-0.4, -0.2) is 55.2 Å².